The summed E-state index contributed by atoms with van der Waals surface area (Å²) < 4.78 is 0. The minimum absolute atomic E-state index is 0. The van der Waals surface area contributed by atoms with Crippen LogP contribution < -0.4 is 24.8 Å². The van der Waals surface area contributed by atoms with Gasteiger partial charge in [0.15, 0.2) is 0 Å². The minimum atomic E-state index is 0. The van der Waals surface area contributed by atoms with Crippen LogP contribution >= 0.6 is 0 Å². The number of rotatable bonds is 2. The zero-order valence-electron chi connectivity index (χ0n) is 19.1. The van der Waals surface area contributed by atoms with E-state index in [0.29, 0.717) is 6.16 Å². The summed E-state index contributed by atoms with van der Waals surface area (Å²) in [6.07, 6.45) is 0.715. The molecule has 29 heavy (non-hydrogen) atoms. The van der Waals surface area contributed by atoms with E-state index in [4.69, 9.17) is 0 Å². The molecule has 0 heterocycles. The van der Waals surface area contributed by atoms with Crippen molar-refractivity contribution in [2.24, 2.45) is 0 Å². The molecule has 158 valence electrons. The Morgan fingerprint density at radius 2 is 1.10 bits per heavy atom. The zero-order chi connectivity index (χ0) is 20.6. The Bertz CT molecular complexity index is 766. The van der Waals surface area contributed by atoms with Gasteiger partial charge in [-0.2, -0.15) is 56.6 Å². The maximum absolute atomic E-state index is 2.24. The maximum atomic E-state index is 2.24. The van der Waals surface area contributed by atoms with Crippen molar-refractivity contribution in [2.45, 2.75) is 61.4 Å². The van der Waals surface area contributed by atoms with Crippen molar-refractivity contribution < 1.29 is 48.1 Å². The van der Waals surface area contributed by atoms with Crippen molar-refractivity contribution in [3.63, 3.8) is 0 Å². The molecule has 0 aliphatic carbocycles. The molecule has 3 rings (SSSR count). The van der Waals surface area contributed by atoms with Gasteiger partial charge in [0, 0.05) is 0 Å². The Balaban J connectivity index is 0. The molecule has 0 spiro atoms. The molecule has 0 bridgehead atoms. The Hall–Kier alpha value is -0.400. The Morgan fingerprint density at radius 1 is 0.724 bits per heavy atom. The molecule has 4 heteroatoms. The molecule has 0 fully saturated rings. The van der Waals surface area contributed by atoms with E-state index in [0.717, 1.165) is 0 Å². The van der Waals surface area contributed by atoms with Crippen LogP contribution in [0.5, 0.6) is 0 Å². The molecule has 0 aliphatic heterocycles. The van der Waals surface area contributed by atoms with Crippen molar-refractivity contribution >= 4 is 6.16 Å². The number of halogens is 2. The van der Waals surface area contributed by atoms with Crippen molar-refractivity contribution in [1.29, 1.82) is 0 Å². The van der Waals surface area contributed by atoms with E-state index in [1.807, 2.05) is 0 Å². The summed E-state index contributed by atoms with van der Waals surface area (Å²) in [5, 5.41) is 0. The molecular formula is C25H34Cl2SiZr-2. The standard InChI is InChI=1S/2C9H13.C7H8Si.2ClH.Zr/c2*1-6-5-7(2)9(4)8(6)3;8-6-7-4-2-1-3-5-7;;;/h2*5H,1-4H3;1-5,8H,6H2;2*1H;/q2*-1;;;;+2/p-2. The number of aryl methyl sites for hydroxylation is 4. The normalized spacial score (nSPS) is 9.17. The zero-order valence-corrected chi connectivity index (χ0v) is 24.2. The molecule has 0 saturated heterocycles. The molecule has 0 radical (unpaired) electrons. The Labute approximate surface area is 207 Å². The third-order valence-corrected chi connectivity index (χ3v) is 7.72. The first-order valence-corrected chi connectivity index (χ1v) is 15.3. The first-order valence-electron chi connectivity index (χ1n) is 9.62. The third kappa shape index (κ3) is 9.97. The molecule has 0 saturated carbocycles. The van der Waals surface area contributed by atoms with Gasteiger partial charge >= 0.3 is 71.4 Å². The summed E-state index contributed by atoms with van der Waals surface area (Å²) in [6.45, 7) is 17.4. The van der Waals surface area contributed by atoms with E-state index >= 15 is 0 Å². The SMILES string of the molecule is Cc1c[c-](C)c(C)c1C.Cc1c[c-](C)c(C)c1C.[Cl-].[Cl-].[Zr+2]=[SiH]Cc1ccccc1. The summed E-state index contributed by atoms with van der Waals surface area (Å²) >= 11 is 1.72. The topological polar surface area (TPSA) is 0 Å². The summed E-state index contributed by atoms with van der Waals surface area (Å²) in [5.41, 5.74) is 13.0. The van der Waals surface area contributed by atoms with Gasteiger partial charge in [-0.15, -0.1) is 0 Å². The third-order valence-electron chi connectivity index (χ3n) is 5.54. The van der Waals surface area contributed by atoms with Gasteiger partial charge in [0.2, 0.25) is 0 Å². The second-order valence-electron chi connectivity index (χ2n) is 7.41. The molecule has 0 amide bonds. The predicted molar refractivity (Wildman–Crippen MR) is 119 cm³/mol. The fourth-order valence-electron chi connectivity index (χ4n) is 3.00. The van der Waals surface area contributed by atoms with E-state index in [-0.39, 0.29) is 24.8 Å². The van der Waals surface area contributed by atoms with Crippen molar-refractivity contribution in [3.05, 3.63) is 92.5 Å². The van der Waals surface area contributed by atoms with E-state index in [2.05, 4.69) is 97.9 Å². The van der Waals surface area contributed by atoms with Crippen LogP contribution in [0.2, 0.25) is 0 Å². The van der Waals surface area contributed by atoms with Crippen LogP contribution in [0.1, 0.15) is 50.1 Å². The van der Waals surface area contributed by atoms with Gasteiger partial charge in [-0.3, -0.25) is 0 Å². The number of benzene rings is 1. The van der Waals surface area contributed by atoms with Gasteiger partial charge < -0.3 is 24.8 Å². The summed E-state index contributed by atoms with van der Waals surface area (Å²) in [5.74, 6) is 0. The summed E-state index contributed by atoms with van der Waals surface area (Å²) in [7, 11) is 0. The molecule has 0 aliphatic rings. The molecule has 0 aromatic heterocycles. The van der Waals surface area contributed by atoms with E-state index < -0.39 is 0 Å². The summed E-state index contributed by atoms with van der Waals surface area (Å²) in [6, 6.07) is 16.5. The average molecular weight is 525 g/mol. The van der Waals surface area contributed by atoms with Crippen molar-refractivity contribution in [3.8, 4) is 0 Å². The van der Waals surface area contributed by atoms with E-state index in [9.17, 15) is 0 Å². The van der Waals surface area contributed by atoms with Crippen molar-refractivity contribution in [1.82, 2.24) is 0 Å². The second kappa shape index (κ2) is 15.4. The van der Waals surface area contributed by atoms with Crippen LogP contribution in [0.15, 0.2) is 42.5 Å². The Kier molecular flexibility index (Phi) is 16.4. The van der Waals surface area contributed by atoms with Crippen LogP contribution in [0.25, 0.3) is 0 Å². The van der Waals surface area contributed by atoms with Crippen LogP contribution in [-0.4, -0.2) is 6.16 Å². The number of hydrogen-bond donors (Lipinski definition) is 0. The first kappa shape index (κ1) is 30.8. The van der Waals surface area contributed by atoms with Gasteiger partial charge in [-0.1, -0.05) is 55.4 Å². The van der Waals surface area contributed by atoms with Gasteiger partial charge in [0.25, 0.3) is 0 Å². The van der Waals surface area contributed by atoms with E-state index in [1.165, 1.54) is 56.1 Å². The molecule has 0 unspecified atom stereocenters. The van der Waals surface area contributed by atoms with Gasteiger partial charge in [0.05, 0.1) is 0 Å². The Morgan fingerprint density at radius 3 is 1.31 bits per heavy atom. The predicted octanol–water partition coefficient (Wildman–Crippen LogP) is 0.371. The van der Waals surface area contributed by atoms with Crippen LogP contribution in [0, 0.1) is 55.4 Å². The first-order chi connectivity index (χ1) is 12.7. The molecule has 0 nitrogen and oxygen atoms in total. The molecule has 3 aromatic carbocycles. The van der Waals surface area contributed by atoms with Crippen LogP contribution in [-0.2, 0) is 29.4 Å². The van der Waals surface area contributed by atoms with Gasteiger partial charge in [-0.25, -0.2) is 0 Å². The van der Waals surface area contributed by atoms with Gasteiger partial charge in [0.1, 0.15) is 0 Å². The van der Waals surface area contributed by atoms with Crippen molar-refractivity contribution in [2.75, 3.05) is 0 Å². The summed E-state index contributed by atoms with van der Waals surface area (Å²) in [4.78, 5) is 0. The fourth-order valence-corrected chi connectivity index (χ4v) is 5.24. The average Bonchev–Trinajstić information content (AvgIpc) is 3.01. The molecular weight excluding hydrogens is 490 g/mol. The monoisotopic (exact) mass is 522 g/mol. The quantitative estimate of drug-likeness (QED) is 0.336. The second-order valence-corrected chi connectivity index (χ2v) is 11.2. The fraction of sp³-hybridized carbons (Fsp3) is 0.360. The van der Waals surface area contributed by atoms with Crippen LogP contribution in [0.4, 0.5) is 0 Å². The van der Waals surface area contributed by atoms with E-state index in [1.54, 1.807) is 23.3 Å². The number of hydrogen-bond acceptors (Lipinski definition) is 0. The molecule has 0 atom stereocenters. The van der Waals surface area contributed by atoms with Crippen LogP contribution in [0.3, 0.4) is 0 Å². The molecule has 0 N–H and O–H groups in total. The van der Waals surface area contributed by atoms with Gasteiger partial charge in [-0.05, 0) is 0 Å². The molecule has 3 aromatic rings.